The standard InChI is InChI=1S/C11H9F5N2O3/c12-6-3-5(9(19)20)8(4-7(6)13)18-10(21)17-2-1-11(14,15)16/h3-4H,1-2H2,(H,19,20)(H2,17,18,21). The van der Waals surface area contributed by atoms with Crippen molar-refractivity contribution >= 4 is 17.7 Å². The Labute approximate surface area is 114 Å². The fourth-order valence-electron chi connectivity index (χ4n) is 1.31. The smallest absolute Gasteiger partial charge is 0.390 e. The summed E-state index contributed by atoms with van der Waals surface area (Å²) < 4.78 is 61.5. The molecule has 0 aliphatic carbocycles. The summed E-state index contributed by atoms with van der Waals surface area (Å²) in [5.74, 6) is -4.49. The van der Waals surface area contributed by atoms with E-state index >= 15 is 0 Å². The van der Waals surface area contributed by atoms with Gasteiger partial charge in [0.2, 0.25) is 0 Å². The van der Waals surface area contributed by atoms with Gasteiger partial charge in [-0.3, -0.25) is 0 Å². The van der Waals surface area contributed by atoms with Gasteiger partial charge in [0.25, 0.3) is 0 Å². The molecular weight excluding hydrogens is 303 g/mol. The third kappa shape index (κ3) is 5.24. The van der Waals surface area contributed by atoms with Crippen molar-refractivity contribution in [1.29, 1.82) is 0 Å². The zero-order valence-corrected chi connectivity index (χ0v) is 10.2. The molecule has 0 aromatic heterocycles. The predicted octanol–water partition coefficient (Wildman–Crippen LogP) is 2.74. The van der Waals surface area contributed by atoms with Gasteiger partial charge in [0, 0.05) is 12.6 Å². The molecule has 0 spiro atoms. The number of halogens is 5. The van der Waals surface area contributed by atoms with Crippen LogP contribution in [-0.2, 0) is 0 Å². The number of nitrogens with one attached hydrogen (secondary N) is 2. The van der Waals surface area contributed by atoms with Gasteiger partial charge in [-0.2, -0.15) is 13.2 Å². The van der Waals surface area contributed by atoms with Crippen molar-refractivity contribution in [2.75, 3.05) is 11.9 Å². The minimum atomic E-state index is -4.47. The van der Waals surface area contributed by atoms with E-state index in [1.165, 1.54) is 0 Å². The number of carbonyl (C=O) groups excluding carboxylic acids is 1. The lowest BCUT2D eigenvalue weighted by atomic mass is 10.1. The van der Waals surface area contributed by atoms with Crippen LogP contribution in [0.2, 0.25) is 0 Å². The van der Waals surface area contributed by atoms with Gasteiger partial charge in [-0.25, -0.2) is 18.4 Å². The lowest BCUT2D eigenvalue weighted by Crippen LogP contribution is -2.32. The van der Waals surface area contributed by atoms with Gasteiger partial charge in [0.15, 0.2) is 11.6 Å². The van der Waals surface area contributed by atoms with Gasteiger partial charge >= 0.3 is 18.2 Å². The number of urea groups is 1. The molecule has 0 fully saturated rings. The maximum Gasteiger partial charge on any atom is 0.390 e. The summed E-state index contributed by atoms with van der Waals surface area (Å²) in [5, 5.41) is 12.4. The summed E-state index contributed by atoms with van der Waals surface area (Å²) in [6.07, 6.45) is -5.76. The molecular formula is C11H9F5N2O3. The molecule has 2 amide bonds. The molecule has 0 bridgehead atoms. The van der Waals surface area contributed by atoms with E-state index < -0.39 is 54.0 Å². The first kappa shape index (κ1) is 16.7. The Morgan fingerprint density at radius 3 is 2.24 bits per heavy atom. The van der Waals surface area contributed by atoms with Crippen LogP contribution in [0, 0.1) is 11.6 Å². The number of benzene rings is 1. The van der Waals surface area contributed by atoms with E-state index in [0.29, 0.717) is 12.1 Å². The second kappa shape index (κ2) is 6.37. The van der Waals surface area contributed by atoms with Crippen molar-refractivity contribution < 1.29 is 36.6 Å². The number of carbonyl (C=O) groups is 2. The molecule has 0 aliphatic heterocycles. The highest BCUT2D eigenvalue weighted by Crippen LogP contribution is 2.20. The van der Waals surface area contributed by atoms with E-state index in [-0.39, 0.29) is 0 Å². The average Bonchev–Trinajstić information content (AvgIpc) is 2.31. The van der Waals surface area contributed by atoms with Crippen LogP contribution in [0.25, 0.3) is 0 Å². The van der Waals surface area contributed by atoms with Gasteiger partial charge in [-0.05, 0) is 6.07 Å². The molecule has 0 aliphatic rings. The Hall–Kier alpha value is -2.39. The van der Waals surface area contributed by atoms with Crippen LogP contribution in [0.1, 0.15) is 16.8 Å². The van der Waals surface area contributed by atoms with E-state index in [0.717, 1.165) is 0 Å². The minimum Gasteiger partial charge on any atom is -0.478 e. The normalized spacial score (nSPS) is 11.1. The number of carboxylic acid groups (broad SMARTS) is 1. The lowest BCUT2D eigenvalue weighted by Gasteiger charge is -2.11. The SMILES string of the molecule is O=C(NCCC(F)(F)F)Nc1cc(F)c(F)cc1C(=O)O. The van der Waals surface area contributed by atoms with Crippen molar-refractivity contribution in [2.45, 2.75) is 12.6 Å². The summed E-state index contributed by atoms with van der Waals surface area (Å²) in [5.41, 5.74) is -1.31. The molecule has 116 valence electrons. The molecule has 0 unspecified atom stereocenters. The molecule has 3 N–H and O–H groups in total. The summed E-state index contributed by atoms with van der Waals surface area (Å²) in [6.45, 7) is -0.749. The summed E-state index contributed by atoms with van der Waals surface area (Å²) in [6, 6.07) is -0.404. The topological polar surface area (TPSA) is 78.4 Å². The largest absolute Gasteiger partial charge is 0.478 e. The first-order chi connectivity index (χ1) is 9.60. The molecule has 0 saturated heterocycles. The van der Waals surface area contributed by atoms with Crippen molar-refractivity contribution in [3.8, 4) is 0 Å². The van der Waals surface area contributed by atoms with Crippen LogP contribution < -0.4 is 10.6 Å². The van der Waals surface area contributed by atoms with E-state index in [1.807, 2.05) is 10.6 Å². The van der Waals surface area contributed by atoms with Gasteiger partial charge in [-0.15, -0.1) is 0 Å². The zero-order valence-electron chi connectivity index (χ0n) is 10.2. The average molecular weight is 312 g/mol. The van der Waals surface area contributed by atoms with Gasteiger partial charge in [0.05, 0.1) is 17.7 Å². The van der Waals surface area contributed by atoms with Crippen molar-refractivity contribution in [2.24, 2.45) is 0 Å². The number of aromatic carboxylic acids is 1. The number of hydrogen-bond donors (Lipinski definition) is 3. The highest BCUT2D eigenvalue weighted by atomic mass is 19.4. The summed E-state index contributed by atoms with van der Waals surface area (Å²) in [7, 11) is 0. The maximum absolute atomic E-state index is 13.0. The summed E-state index contributed by atoms with van der Waals surface area (Å²) in [4.78, 5) is 22.1. The fraction of sp³-hybridized carbons (Fsp3) is 0.273. The molecule has 1 aromatic carbocycles. The second-order valence-corrected chi connectivity index (χ2v) is 3.86. The number of amides is 2. The number of hydrogen-bond acceptors (Lipinski definition) is 2. The van der Waals surface area contributed by atoms with Crippen molar-refractivity contribution in [1.82, 2.24) is 5.32 Å². The molecule has 21 heavy (non-hydrogen) atoms. The molecule has 0 heterocycles. The van der Waals surface area contributed by atoms with E-state index in [1.54, 1.807) is 0 Å². The van der Waals surface area contributed by atoms with E-state index in [9.17, 15) is 31.5 Å². The molecule has 0 saturated carbocycles. The number of carboxylic acids is 1. The lowest BCUT2D eigenvalue weighted by molar-refractivity contribution is -0.132. The Bertz CT molecular complexity index is 560. The fourth-order valence-corrected chi connectivity index (χ4v) is 1.31. The van der Waals surface area contributed by atoms with Crippen LogP contribution >= 0.6 is 0 Å². The minimum absolute atomic E-state index is 0.350. The van der Waals surface area contributed by atoms with Crippen LogP contribution in [0.3, 0.4) is 0 Å². The number of rotatable bonds is 4. The summed E-state index contributed by atoms with van der Waals surface area (Å²) >= 11 is 0. The molecule has 5 nitrogen and oxygen atoms in total. The Morgan fingerprint density at radius 2 is 1.71 bits per heavy atom. The first-order valence-electron chi connectivity index (χ1n) is 5.44. The maximum atomic E-state index is 13.0. The van der Waals surface area contributed by atoms with Crippen LogP contribution in [0.15, 0.2) is 12.1 Å². The van der Waals surface area contributed by atoms with Crippen LogP contribution in [-0.4, -0.2) is 29.8 Å². The highest BCUT2D eigenvalue weighted by molar-refractivity contribution is 6.00. The number of anilines is 1. The third-order valence-electron chi connectivity index (χ3n) is 2.23. The molecule has 0 atom stereocenters. The molecule has 10 heteroatoms. The Morgan fingerprint density at radius 1 is 1.14 bits per heavy atom. The Balaban J connectivity index is 2.76. The van der Waals surface area contributed by atoms with Crippen LogP contribution in [0.5, 0.6) is 0 Å². The van der Waals surface area contributed by atoms with E-state index in [4.69, 9.17) is 5.11 Å². The highest BCUT2D eigenvalue weighted by Gasteiger charge is 2.26. The second-order valence-electron chi connectivity index (χ2n) is 3.86. The first-order valence-corrected chi connectivity index (χ1v) is 5.44. The number of alkyl halides is 3. The van der Waals surface area contributed by atoms with E-state index in [2.05, 4.69) is 0 Å². The third-order valence-corrected chi connectivity index (χ3v) is 2.23. The monoisotopic (exact) mass is 312 g/mol. The van der Waals surface area contributed by atoms with Gasteiger partial charge in [-0.1, -0.05) is 0 Å². The Kier molecular flexibility index (Phi) is 5.06. The van der Waals surface area contributed by atoms with Crippen molar-refractivity contribution in [3.05, 3.63) is 29.3 Å². The quantitative estimate of drug-likeness (QED) is 0.748. The van der Waals surface area contributed by atoms with Crippen LogP contribution in [0.4, 0.5) is 32.4 Å². The molecule has 1 aromatic rings. The molecule has 0 radical (unpaired) electrons. The predicted molar refractivity (Wildman–Crippen MR) is 61.0 cm³/mol. The zero-order chi connectivity index (χ0) is 16.2. The van der Waals surface area contributed by atoms with Gasteiger partial charge in [0.1, 0.15) is 0 Å². The van der Waals surface area contributed by atoms with Crippen molar-refractivity contribution in [3.63, 3.8) is 0 Å². The van der Waals surface area contributed by atoms with Gasteiger partial charge < -0.3 is 15.7 Å². The molecule has 1 rings (SSSR count).